The number of carbonyl (C=O) groups is 1. The molecule has 3 nitrogen and oxygen atoms in total. The van der Waals surface area contributed by atoms with Crippen molar-refractivity contribution in [2.45, 2.75) is 27.1 Å². The van der Waals surface area contributed by atoms with Crippen molar-refractivity contribution in [2.24, 2.45) is 0 Å². The second kappa shape index (κ2) is 8.68. The molecule has 0 aliphatic rings. The normalized spacial score (nSPS) is 8.94. The third kappa shape index (κ3) is 4.94. The molecular weight excluding hydrogens is 215 g/mol. The average Bonchev–Trinajstić information content (AvgIpc) is 2.39. The Balaban J connectivity index is 0.00000121. The fourth-order valence-electron chi connectivity index (χ4n) is 1.20. The molecule has 1 rings (SSSR count). The molecule has 0 saturated carbocycles. The Hall–Kier alpha value is -1.45. The van der Waals surface area contributed by atoms with Crippen molar-refractivity contribution in [3.63, 3.8) is 0 Å². The molecule has 4 heteroatoms. The summed E-state index contributed by atoms with van der Waals surface area (Å²) in [6.07, 6.45) is 0.446. The van der Waals surface area contributed by atoms with E-state index in [0.29, 0.717) is 24.2 Å². The molecule has 1 aromatic rings. The highest BCUT2D eigenvalue weighted by molar-refractivity contribution is 6.08. The minimum absolute atomic E-state index is 0.356. The molecule has 0 spiro atoms. The van der Waals surface area contributed by atoms with Crippen molar-refractivity contribution in [3.8, 4) is 5.75 Å². The minimum atomic E-state index is -0.356. The van der Waals surface area contributed by atoms with Crippen LogP contribution in [0.15, 0.2) is 18.2 Å². The first-order chi connectivity index (χ1) is 8.19. The maximum Gasteiger partial charge on any atom is 0.338 e. The van der Waals surface area contributed by atoms with Crippen molar-refractivity contribution >= 4 is 13.8 Å². The number of hydrogen-bond acceptors (Lipinski definition) is 3. The van der Waals surface area contributed by atoms with E-state index in [1.165, 1.54) is 7.11 Å². The molecule has 1 aromatic carbocycles. The summed E-state index contributed by atoms with van der Waals surface area (Å²) in [5, 5.41) is 0. The summed E-state index contributed by atoms with van der Waals surface area (Å²) >= 11 is 0. The van der Waals surface area contributed by atoms with Crippen LogP contribution in [0.25, 0.3) is 0 Å². The fraction of sp³-hybridized carbons (Fsp3) is 0.462. The molecule has 0 atom stereocenters. The van der Waals surface area contributed by atoms with Crippen LogP contribution in [0.1, 0.15) is 29.8 Å². The Labute approximate surface area is 105 Å². The summed E-state index contributed by atoms with van der Waals surface area (Å²) < 4.78 is 9.97. The van der Waals surface area contributed by atoms with Gasteiger partial charge in [0.05, 0.1) is 27.1 Å². The third-order valence-electron chi connectivity index (χ3n) is 2.00. The molecule has 0 unspecified atom stereocenters. The summed E-state index contributed by atoms with van der Waals surface area (Å²) in [6.45, 7) is 6.28. The van der Waals surface area contributed by atoms with Gasteiger partial charge in [0.25, 0.3) is 0 Å². The summed E-state index contributed by atoms with van der Waals surface area (Å²) in [5.74, 6) is 0.275. The number of rotatable bonds is 4. The van der Waals surface area contributed by atoms with Gasteiger partial charge in [0.1, 0.15) is 5.75 Å². The molecule has 17 heavy (non-hydrogen) atoms. The van der Waals surface area contributed by atoms with E-state index in [4.69, 9.17) is 12.6 Å². The van der Waals surface area contributed by atoms with Gasteiger partial charge in [-0.3, -0.25) is 0 Å². The Bertz CT molecular complexity index is 351. The highest BCUT2D eigenvalue weighted by Gasteiger charge is 2.09. The lowest BCUT2D eigenvalue weighted by Gasteiger charge is -2.08. The highest BCUT2D eigenvalue weighted by Crippen LogP contribution is 2.18. The molecule has 0 aliphatic carbocycles. The lowest BCUT2D eigenvalue weighted by Crippen LogP contribution is -2.05. The maximum absolute atomic E-state index is 11.4. The maximum atomic E-state index is 11.4. The smallest absolute Gasteiger partial charge is 0.338 e. The molecular formula is C13H19BO3. The number of aryl methyl sites for hydroxylation is 1. The number of ether oxygens (including phenoxy) is 2. The van der Waals surface area contributed by atoms with E-state index in [9.17, 15) is 4.79 Å². The fourth-order valence-corrected chi connectivity index (χ4v) is 1.20. The SMILES string of the molecule is CC.[B]CCOc1ccc(C)c(C(=O)OC)c1. The Morgan fingerprint density at radius 3 is 2.53 bits per heavy atom. The predicted octanol–water partition coefficient (Wildman–Crippen LogP) is 2.77. The van der Waals surface area contributed by atoms with Crippen LogP contribution in [0, 0.1) is 6.92 Å². The lowest BCUT2D eigenvalue weighted by molar-refractivity contribution is 0.0599. The number of carbonyl (C=O) groups excluding carboxylic acids is 1. The van der Waals surface area contributed by atoms with Crippen molar-refractivity contribution in [2.75, 3.05) is 13.7 Å². The van der Waals surface area contributed by atoms with E-state index < -0.39 is 0 Å². The zero-order chi connectivity index (χ0) is 13.3. The topological polar surface area (TPSA) is 35.5 Å². The van der Waals surface area contributed by atoms with Gasteiger partial charge in [-0.05, 0) is 24.6 Å². The average molecular weight is 234 g/mol. The second-order valence-electron chi connectivity index (χ2n) is 3.11. The van der Waals surface area contributed by atoms with Gasteiger partial charge in [-0.25, -0.2) is 4.79 Å². The van der Waals surface area contributed by atoms with Crippen molar-refractivity contribution in [1.29, 1.82) is 0 Å². The molecule has 2 radical (unpaired) electrons. The van der Waals surface area contributed by atoms with Gasteiger partial charge in [0.15, 0.2) is 0 Å². The van der Waals surface area contributed by atoms with E-state index in [0.717, 1.165) is 5.56 Å². The van der Waals surface area contributed by atoms with Crippen LogP contribution in [0.5, 0.6) is 5.75 Å². The van der Waals surface area contributed by atoms with Gasteiger partial charge in [-0.1, -0.05) is 26.2 Å². The van der Waals surface area contributed by atoms with Crippen molar-refractivity contribution in [1.82, 2.24) is 0 Å². The van der Waals surface area contributed by atoms with Crippen LogP contribution < -0.4 is 4.74 Å². The Morgan fingerprint density at radius 2 is 2.00 bits per heavy atom. The number of hydrogen-bond donors (Lipinski definition) is 0. The van der Waals surface area contributed by atoms with E-state index >= 15 is 0 Å². The van der Waals surface area contributed by atoms with Crippen LogP contribution in [0.3, 0.4) is 0 Å². The number of benzene rings is 1. The Kier molecular flexibility index (Phi) is 7.94. The zero-order valence-electron chi connectivity index (χ0n) is 10.9. The highest BCUT2D eigenvalue weighted by atomic mass is 16.5. The van der Waals surface area contributed by atoms with Gasteiger partial charge in [-0.15, -0.1) is 0 Å². The zero-order valence-corrected chi connectivity index (χ0v) is 10.9. The molecule has 0 aliphatic heterocycles. The van der Waals surface area contributed by atoms with Crippen molar-refractivity contribution in [3.05, 3.63) is 29.3 Å². The minimum Gasteiger partial charge on any atom is -0.494 e. The summed E-state index contributed by atoms with van der Waals surface area (Å²) in [5.41, 5.74) is 1.38. The molecule has 0 amide bonds. The lowest BCUT2D eigenvalue weighted by atomic mass is 10.1. The molecule has 0 fully saturated rings. The van der Waals surface area contributed by atoms with E-state index in [2.05, 4.69) is 4.74 Å². The van der Waals surface area contributed by atoms with Gasteiger partial charge in [0, 0.05) is 0 Å². The molecule has 0 bridgehead atoms. The predicted molar refractivity (Wildman–Crippen MR) is 69.9 cm³/mol. The third-order valence-corrected chi connectivity index (χ3v) is 2.00. The van der Waals surface area contributed by atoms with Gasteiger partial charge in [0.2, 0.25) is 0 Å². The van der Waals surface area contributed by atoms with E-state index in [-0.39, 0.29) is 5.97 Å². The van der Waals surface area contributed by atoms with Gasteiger partial charge in [-0.2, -0.15) is 0 Å². The number of esters is 1. The van der Waals surface area contributed by atoms with Crippen LogP contribution in [0.2, 0.25) is 6.32 Å². The van der Waals surface area contributed by atoms with E-state index in [1.54, 1.807) is 12.1 Å². The van der Waals surface area contributed by atoms with Gasteiger partial charge >= 0.3 is 5.97 Å². The van der Waals surface area contributed by atoms with Crippen molar-refractivity contribution < 1.29 is 14.3 Å². The molecule has 92 valence electrons. The second-order valence-corrected chi connectivity index (χ2v) is 3.11. The Morgan fingerprint density at radius 1 is 1.35 bits per heavy atom. The summed E-state index contributed by atoms with van der Waals surface area (Å²) in [7, 11) is 6.67. The van der Waals surface area contributed by atoms with Crippen LogP contribution in [0.4, 0.5) is 0 Å². The monoisotopic (exact) mass is 234 g/mol. The molecule has 0 N–H and O–H groups in total. The first kappa shape index (κ1) is 15.6. The number of methoxy groups -OCH3 is 1. The van der Waals surface area contributed by atoms with Crippen LogP contribution in [-0.4, -0.2) is 27.5 Å². The first-order valence-electron chi connectivity index (χ1n) is 5.71. The first-order valence-corrected chi connectivity index (χ1v) is 5.71. The summed E-state index contributed by atoms with van der Waals surface area (Å²) in [6, 6.07) is 5.28. The van der Waals surface area contributed by atoms with Crippen LogP contribution >= 0.6 is 0 Å². The largest absolute Gasteiger partial charge is 0.494 e. The quantitative estimate of drug-likeness (QED) is 0.593. The summed E-state index contributed by atoms with van der Waals surface area (Å²) in [4.78, 5) is 11.4. The van der Waals surface area contributed by atoms with E-state index in [1.807, 2.05) is 26.8 Å². The van der Waals surface area contributed by atoms with Gasteiger partial charge < -0.3 is 9.47 Å². The standard InChI is InChI=1S/C11H13BO3.C2H6/c1-8-3-4-9(15-6-5-12)7-10(8)11(13)14-2;1-2/h3-4,7H,5-6H2,1-2H3;1-2H3. The molecule has 0 saturated heterocycles. The molecule has 0 aromatic heterocycles. The van der Waals surface area contributed by atoms with Crippen LogP contribution in [-0.2, 0) is 4.74 Å². The molecule has 0 heterocycles.